The van der Waals surface area contributed by atoms with Crippen molar-refractivity contribution >= 4 is 10.0 Å². The van der Waals surface area contributed by atoms with Gasteiger partial charge in [0.25, 0.3) is 0 Å². The lowest BCUT2D eigenvalue weighted by Gasteiger charge is -2.30. The monoisotopic (exact) mass is 459 g/mol. The predicted molar refractivity (Wildman–Crippen MR) is 117 cm³/mol. The number of benzene rings is 2. The maximum atomic E-state index is 13.1. The summed E-state index contributed by atoms with van der Waals surface area (Å²) in [6.07, 6.45) is 1.47. The summed E-state index contributed by atoms with van der Waals surface area (Å²) in [6, 6.07) is 11.8. The number of methoxy groups -OCH3 is 3. The number of hydrogen-bond donors (Lipinski definition) is 0. The van der Waals surface area contributed by atoms with Gasteiger partial charge in [-0.25, -0.2) is 8.42 Å². The zero-order valence-electron chi connectivity index (χ0n) is 18.1. The first-order valence-corrected chi connectivity index (χ1v) is 11.6. The van der Waals surface area contributed by atoms with Crippen LogP contribution in [0.25, 0.3) is 11.4 Å². The molecule has 3 aromatic rings. The number of piperidine rings is 1. The molecule has 1 aliphatic rings. The maximum Gasteiger partial charge on any atom is 0.243 e. The molecule has 9 nitrogen and oxygen atoms in total. The highest BCUT2D eigenvalue weighted by Crippen LogP contribution is 2.34. The quantitative estimate of drug-likeness (QED) is 0.530. The van der Waals surface area contributed by atoms with E-state index in [2.05, 4.69) is 10.1 Å². The summed E-state index contributed by atoms with van der Waals surface area (Å²) in [5, 5.41) is 4.09. The van der Waals surface area contributed by atoms with E-state index >= 15 is 0 Å². The molecule has 0 saturated carbocycles. The van der Waals surface area contributed by atoms with Gasteiger partial charge in [0, 0.05) is 18.7 Å². The molecule has 0 N–H and O–H groups in total. The summed E-state index contributed by atoms with van der Waals surface area (Å²) in [4.78, 5) is 4.77. The van der Waals surface area contributed by atoms with Gasteiger partial charge < -0.3 is 18.7 Å². The molecule has 10 heteroatoms. The summed E-state index contributed by atoms with van der Waals surface area (Å²) in [6.45, 7) is 0.726. The van der Waals surface area contributed by atoms with Gasteiger partial charge in [0.1, 0.15) is 5.75 Å². The molecule has 0 aliphatic carbocycles. The molecule has 1 saturated heterocycles. The fraction of sp³-hybridized carbons (Fsp3) is 0.364. The average Bonchev–Trinajstić information content (AvgIpc) is 3.34. The summed E-state index contributed by atoms with van der Waals surface area (Å²) < 4.78 is 48.9. The van der Waals surface area contributed by atoms with Crippen molar-refractivity contribution in [3.05, 3.63) is 48.4 Å². The van der Waals surface area contributed by atoms with Crippen LogP contribution in [-0.2, 0) is 10.0 Å². The Balaban J connectivity index is 1.53. The van der Waals surface area contributed by atoms with E-state index in [4.69, 9.17) is 18.7 Å². The molecule has 0 bridgehead atoms. The second kappa shape index (κ2) is 9.17. The van der Waals surface area contributed by atoms with Gasteiger partial charge in [-0.1, -0.05) is 5.16 Å². The molecule has 0 radical (unpaired) electrons. The van der Waals surface area contributed by atoms with Crippen LogP contribution in [0, 0.1) is 0 Å². The fourth-order valence-electron chi connectivity index (χ4n) is 3.75. The Morgan fingerprint density at radius 3 is 2.44 bits per heavy atom. The molecule has 2 heterocycles. The van der Waals surface area contributed by atoms with E-state index in [1.807, 2.05) is 6.07 Å². The zero-order chi connectivity index (χ0) is 22.7. The molecule has 1 fully saturated rings. The Kier molecular flexibility index (Phi) is 6.33. The van der Waals surface area contributed by atoms with E-state index < -0.39 is 10.0 Å². The third kappa shape index (κ3) is 4.28. The molecule has 4 rings (SSSR count). The van der Waals surface area contributed by atoms with Crippen LogP contribution in [0.1, 0.15) is 24.7 Å². The highest BCUT2D eigenvalue weighted by molar-refractivity contribution is 7.89. The SMILES string of the molecule is COc1ccc(S(=O)(=O)N2CCCC(c3nc(-c4ccc(OC)c(OC)c4)no3)C2)cc1. The minimum atomic E-state index is -3.63. The minimum absolute atomic E-state index is 0.182. The molecular weight excluding hydrogens is 434 g/mol. The number of aromatic nitrogens is 2. The second-order valence-corrected chi connectivity index (χ2v) is 9.34. The van der Waals surface area contributed by atoms with Gasteiger partial charge >= 0.3 is 0 Å². The molecule has 2 aromatic carbocycles. The summed E-state index contributed by atoms with van der Waals surface area (Å²) in [5.74, 6) is 2.42. The van der Waals surface area contributed by atoms with E-state index in [1.165, 1.54) is 4.31 Å². The van der Waals surface area contributed by atoms with E-state index in [9.17, 15) is 8.42 Å². The molecular formula is C22H25N3O6S. The Hall–Kier alpha value is -3.11. The normalized spacial score (nSPS) is 17.2. The van der Waals surface area contributed by atoms with Crippen molar-refractivity contribution in [1.29, 1.82) is 0 Å². The van der Waals surface area contributed by atoms with E-state index in [1.54, 1.807) is 57.7 Å². The van der Waals surface area contributed by atoms with E-state index in [0.717, 1.165) is 12.0 Å². The second-order valence-electron chi connectivity index (χ2n) is 7.40. The lowest BCUT2D eigenvalue weighted by Crippen LogP contribution is -2.39. The Labute approximate surface area is 187 Å². The standard InChI is InChI=1S/C22H25N3O6S/c1-28-17-7-9-18(10-8-17)32(26,27)25-12-4-5-16(14-25)22-23-21(24-31-22)15-6-11-19(29-2)20(13-15)30-3/h6-11,13,16H,4-5,12,14H2,1-3H3. The number of ether oxygens (including phenoxy) is 3. The van der Waals surface area contributed by atoms with Crippen LogP contribution in [-0.4, -0.2) is 57.3 Å². The average molecular weight is 460 g/mol. The molecule has 1 aliphatic heterocycles. The third-order valence-corrected chi connectivity index (χ3v) is 7.39. The van der Waals surface area contributed by atoms with Crippen LogP contribution in [0.15, 0.2) is 51.9 Å². The Bertz CT molecular complexity index is 1180. The van der Waals surface area contributed by atoms with E-state index in [0.29, 0.717) is 41.9 Å². The van der Waals surface area contributed by atoms with Gasteiger partial charge in [-0.3, -0.25) is 0 Å². The van der Waals surface area contributed by atoms with Crippen LogP contribution in [0.3, 0.4) is 0 Å². The van der Waals surface area contributed by atoms with Crippen molar-refractivity contribution in [2.45, 2.75) is 23.7 Å². The number of hydrogen-bond acceptors (Lipinski definition) is 8. The number of rotatable bonds is 7. The van der Waals surface area contributed by atoms with Crippen molar-refractivity contribution < 1.29 is 27.2 Å². The van der Waals surface area contributed by atoms with Gasteiger partial charge in [-0.05, 0) is 55.3 Å². The van der Waals surface area contributed by atoms with Gasteiger partial charge in [-0.2, -0.15) is 9.29 Å². The molecule has 170 valence electrons. The molecule has 1 unspecified atom stereocenters. The van der Waals surface area contributed by atoms with Crippen LogP contribution < -0.4 is 14.2 Å². The van der Waals surface area contributed by atoms with Crippen molar-refractivity contribution in [2.24, 2.45) is 0 Å². The summed E-state index contributed by atoms with van der Waals surface area (Å²) in [5.41, 5.74) is 0.719. The molecule has 0 amide bonds. The summed E-state index contributed by atoms with van der Waals surface area (Å²) in [7, 11) is 1.04. The van der Waals surface area contributed by atoms with Gasteiger partial charge in [0.2, 0.25) is 21.7 Å². The lowest BCUT2D eigenvalue weighted by molar-refractivity contribution is 0.265. The topological polar surface area (TPSA) is 104 Å². The smallest absolute Gasteiger partial charge is 0.243 e. The minimum Gasteiger partial charge on any atom is -0.497 e. The molecule has 1 aromatic heterocycles. The Morgan fingerprint density at radius 2 is 1.75 bits per heavy atom. The number of nitrogens with zero attached hydrogens (tertiary/aromatic N) is 3. The third-order valence-electron chi connectivity index (χ3n) is 5.51. The Morgan fingerprint density at radius 1 is 1.00 bits per heavy atom. The van der Waals surface area contributed by atoms with Crippen molar-refractivity contribution in [3.8, 4) is 28.6 Å². The van der Waals surface area contributed by atoms with Crippen molar-refractivity contribution in [2.75, 3.05) is 34.4 Å². The first-order chi connectivity index (χ1) is 15.5. The molecule has 1 atom stereocenters. The van der Waals surface area contributed by atoms with Crippen LogP contribution >= 0.6 is 0 Å². The zero-order valence-corrected chi connectivity index (χ0v) is 19.0. The lowest BCUT2D eigenvalue weighted by atomic mass is 10.00. The van der Waals surface area contributed by atoms with Crippen LogP contribution in [0.5, 0.6) is 17.2 Å². The highest BCUT2D eigenvalue weighted by atomic mass is 32.2. The molecule has 32 heavy (non-hydrogen) atoms. The number of sulfonamides is 1. The predicted octanol–water partition coefficient (Wildman–Crippen LogP) is 3.33. The first kappa shape index (κ1) is 22.1. The van der Waals surface area contributed by atoms with Crippen molar-refractivity contribution in [1.82, 2.24) is 14.4 Å². The van der Waals surface area contributed by atoms with Crippen LogP contribution in [0.2, 0.25) is 0 Å². The maximum absolute atomic E-state index is 13.1. The summed E-state index contributed by atoms with van der Waals surface area (Å²) >= 11 is 0. The van der Waals surface area contributed by atoms with Crippen LogP contribution in [0.4, 0.5) is 0 Å². The van der Waals surface area contributed by atoms with Crippen molar-refractivity contribution in [3.63, 3.8) is 0 Å². The van der Waals surface area contributed by atoms with Gasteiger partial charge in [0.05, 0.1) is 32.1 Å². The first-order valence-electron chi connectivity index (χ1n) is 10.2. The van der Waals surface area contributed by atoms with Gasteiger partial charge in [0.15, 0.2) is 11.5 Å². The molecule has 0 spiro atoms. The van der Waals surface area contributed by atoms with E-state index in [-0.39, 0.29) is 17.4 Å². The van der Waals surface area contributed by atoms with Gasteiger partial charge in [-0.15, -0.1) is 0 Å². The largest absolute Gasteiger partial charge is 0.497 e. The fourth-order valence-corrected chi connectivity index (χ4v) is 5.28. The highest BCUT2D eigenvalue weighted by Gasteiger charge is 2.33.